The van der Waals surface area contributed by atoms with Crippen molar-refractivity contribution in [2.45, 2.75) is 24.9 Å². The molecule has 0 aromatic heterocycles. The Balaban J connectivity index is 1.58. The van der Waals surface area contributed by atoms with Gasteiger partial charge in [-0.2, -0.15) is 0 Å². The lowest BCUT2D eigenvalue weighted by Gasteiger charge is -2.21. The van der Waals surface area contributed by atoms with Crippen molar-refractivity contribution in [3.8, 4) is 23.0 Å². The number of methoxy groups -OCH3 is 2. The number of ether oxygens (including phenoxy) is 3. The summed E-state index contributed by atoms with van der Waals surface area (Å²) < 4.78 is 16.7. The molecule has 160 valence electrons. The number of carbonyl (C=O) groups excluding carboxylic acids is 1. The zero-order valence-corrected chi connectivity index (χ0v) is 17.6. The van der Waals surface area contributed by atoms with E-state index in [1.165, 1.54) is 0 Å². The highest BCUT2D eigenvalue weighted by molar-refractivity contribution is 5.86. The van der Waals surface area contributed by atoms with Gasteiger partial charge in [-0.25, -0.2) is 0 Å². The van der Waals surface area contributed by atoms with E-state index in [4.69, 9.17) is 14.2 Å². The van der Waals surface area contributed by atoms with Crippen LogP contribution in [-0.2, 0) is 4.79 Å². The SMILES string of the molecule is COc1ccc(Oc2cc(NC(C(=O)NC3CC3)c3ccccc3)ccc2OC)cc1. The first-order valence-corrected chi connectivity index (χ1v) is 10.3. The zero-order chi connectivity index (χ0) is 21.6. The summed E-state index contributed by atoms with van der Waals surface area (Å²) in [5, 5.41) is 6.45. The maximum absolute atomic E-state index is 12.9. The van der Waals surface area contributed by atoms with Crippen LogP contribution >= 0.6 is 0 Å². The van der Waals surface area contributed by atoms with E-state index >= 15 is 0 Å². The molecule has 31 heavy (non-hydrogen) atoms. The van der Waals surface area contributed by atoms with E-state index in [2.05, 4.69) is 10.6 Å². The molecular weight excluding hydrogens is 392 g/mol. The quantitative estimate of drug-likeness (QED) is 0.516. The van der Waals surface area contributed by atoms with Crippen LogP contribution in [0.5, 0.6) is 23.0 Å². The Morgan fingerprint density at radius 1 is 0.871 bits per heavy atom. The normalized spacial score (nSPS) is 13.7. The summed E-state index contributed by atoms with van der Waals surface area (Å²) in [6.07, 6.45) is 2.07. The van der Waals surface area contributed by atoms with Crippen molar-refractivity contribution in [2.75, 3.05) is 19.5 Å². The number of anilines is 1. The van der Waals surface area contributed by atoms with Crippen LogP contribution in [0, 0.1) is 0 Å². The molecule has 1 atom stereocenters. The molecule has 3 aromatic carbocycles. The van der Waals surface area contributed by atoms with Gasteiger partial charge in [0.2, 0.25) is 5.91 Å². The summed E-state index contributed by atoms with van der Waals surface area (Å²) in [7, 11) is 3.22. The summed E-state index contributed by atoms with van der Waals surface area (Å²) in [5.41, 5.74) is 1.65. The summed E-state index contributed by atoms with van der Waals surface area (Å²) in [5.74, 6) is 2.51. The lowest BCUT2D eigenvalue weighted by Crippen LogP contribution is -2.34. The van der Waals surface area contributed by atoms with Gasteiger partial charge < -0.3 is 24.8 Å². The van der Waals surface area contributed by atoms with Gasteiger partial charge in [0.25, 0.3) is 0 Å². The number of hydrogen-bond acceptors (Lipinski definition) is 5. The molecule has 1 aliphatic carbocycles. The Labute approximate surface area is 182 Å². The average molecular weight is 418 g/mol. The van der Waals surface area contributed by atoms with Crippen molar-refractivity contribution in [2.24, 2.45) is 0 Å². The van der Waals surface area contributed by atoms with E-state index in [0.717, 1.165) is 29.8 Å². The Kier molecular flexibility index (Phi) is 6.26. The molecule has 3 aromatic rings. The van der Waals surface area contributed by atoms with Gasteiger partial charge in [0.15, 0.2) is 11.5 Å². The minimum atomic E-state index is -0.510. The number of hydrogen-bond donors (Lipinski definition) is 2. The van der Waals surface area contributed by atoms with Gasteiger partial charge in [-0.1, -0.05) is 30.3 Å². The fraction of sp³-hybridized carbons (Fsp3) is 0.240. The van der Waals surface area contributed by atoms with Crippen molar-refractivity contribution in [1.82, 2.24) is 5.32 Å². The van der Waals surface area contributed by atoms with Crippen molar-refractivity contribution in [3.05, 3.63) is 78.4 Å². The molecule has 0 heterocycles. The molecule has 1 unspecified atom stereocenters. The topological polar surface area (TPSA) is 68.8 Å². The van der Waals surface area contributed by atoms with Crippen LogP contribution in [0.1, 0.15) is 24.4 Å². The molecule has 0 radical (unpaired) electrons. The van der Waals surface area contributed by atoms with E-state index in [-0.39, 0.29) is 11.9 Å². The Hall–Kier alpha value is -3.67. The highest BCUT2D eigenvalue weighted by Crippen LogP contribution is 2.35. The third kappa shape index (κ3) is 5.28. The van der Waals surface area contributed by atoms with Gasteiger partial charge >= 0.3 is 0 Å². The molecular formula is C25H26N2O4. The lowest BCUT2D eigenvalue weighted by molar-refractivity contribution is -0.122. The number of nitrogens with one attached hydrogen (secondary N) is 2. The Bertz CT molecular complexity index is 1020. The summed E-state index contributed by atoms with van der Waals surface area (Å²) in [6, 6.07) is 22.3. The third-order valence-electron chi connectivity index (χ3n) is 5.08. The molecule has 6 nitrogen and oxygen atoms in total. The van der Waals surface area contributed by atoms with Gasteiger partial charge in [-0.05, 0) is 54.8 Å². The van der Waals surface area contributed by atoms with E-state index in [1.807, 2.05) is 72.8 Å². The van der Waals surface area contributed by atoms with Gasteiger partial charge in [-0.15, -0.1) is 0 Å². The van der Waals surface area contributed by atoms with Gasteiger partial charge in [0, 0.05) is 17.8 Å². The number of rotatable bonds is 9. The Morgan fingerprint density at radius 3 is 2.23 bits per heavy atom. The smallest absolute Gasteiger partial charge is 0.247 e. The van der Waals surface area contributed by atoms with Crippen LogP contribution in [0.2, 0.25) is 0 Å². The number of carbonyl (C=O) groups is 1. The highest BCUT2D eigenvalue weighted by atomic mass is 16.5. The predicted molar refractivity (Wildman–Crippen MR) is 120 cm³/mol. The van der Waals surface area contributed by atoms with E-state index in [9.17, 15) is 4.79 Å². The minimum absolute atomic E-state index is 0.0397. The van der Waals surface area contributed by atoms with Gasteiger partial charge in [0.05, 0.1) is 14.2 Å². The lowest BCUT2D eigenvalue weighted by atomic mass is 10.1. The predicted octanol–water partition coefficient (Wildman–Crippen LogP) is 4.93. The average Bonchev–Trinajstić information content (AvgIpc) is 3.62. The minimum Gasteiger partial charge on any atom is -0.497 e. The van der Waals surface area contributed by atoms with Crippen LogP contribution in [0.4, 0.5) is 5.69 Å². The largest absolute Gasteiger partial charge is 0.497 e. The second kappa shape index (κ2) is 9.43. The first kappa shape index (κ1) is 20.6. The zero-order valence-electron chi connectivity index (χ0n) is 17.6. The van der Waals surface area contributed by atoms with Crippen molar-refractivity contribution < 1.29 is 19.0 Å². The van der Waals surface area contributed by atoms with Crippen LogP contribution < -0.4 is 24.8 Å². The first-order chi connectivity index (χ1) is 15.2. The third-order valence-corrected chi connectivity index (χ3v) is 5.08. The van der Waals surface area contributed by atoms with Crippen LogP contribution in [0.3, 0.4) is 0 Å². The second-order valence-corrected chi connectivity index (χ2v) is 7.41. The highest BCUT2D eigenvalue weighted by Gasteiger charge is 2.28. The monoisotopic (exact) mass is 418 g/mol. The molecule has 0 saturated heterocycles. The maximum Gasteiger partial charge on any atom is 0.247 e. The van der Waals surface area contributed by atoms with Gasteiger partial charge in [-0.3, -0.25) is 4.79 Å². The number of benzene rings is 3. The standard InChI is InChI=1S/C25H26N2O4/c1-29-20-11-13-21(14-12-20)31-23-16-19(10-15-22(23)30-2)26-24(17-6-4-3-5-7-17)25(28)27-18-8-9-18/h3-7,10-16,18,24,26H,8-9H2,1-2H3,(H,27,28). The fourth-order valence-corrected chi connectivity index (χ4v) is 3.24. The molecule has 0 bridgehead atoms. The molecule has 0 spiro atoms. The van der Waals surface area contributed by atoms with Crippen LogP contribution in [-0.4, -0.2) is 26.2 Å². The van der Waals surface area contributed by atoms with E-state index in [1.54, 1.807) is 14.2 Å². The molecule has 1 aliphatic rings. The molecule has 1 amide bonds. The van der Waals surface area contributed by atoms with E-state index in [0.29, 0.717) is 17.2 Å². The Morgan fingerprint density at radius 2 is 1.58 bits per heavy atom. The molecule has 6 heteroatoms. The number of amides is 1. The summed E-state index contributed by atoms with van der Waals surface area (Å²) >= 11 is 0. The maximum atomic E-state index is 12.9. The van der Waals surface area contributed by atoms with Crippen molar-refractivity contribution in [1.29, 1.82) is 0 Å². The molecule has 4 rings (SSSR count). The van der Waals surface area contributed by atoms with Crippen LogP contribution in [0.15, 0.2) is 72.8 Å². The second-order valence-electron chi connectivity index (χ2n) is 7.41. The first-order valence-electron chi connectivity index (χ1n) is 10.3. The van der Waals surface area contributed by atoms with Gasteiger partial charge in [0.1, 0.15) is 17.5 Å². The molecule has 2 N–H and O–H groups in total. The van der Waals surface area contributed by atoms with Crippen molar-refractivity contribution in [3.63, 3.8) is 0 Å². The van der Waals surface area contributed by atoms with Crippen molar-refractivity contribution >= 4 is 11.6 Å². The molecule has 0 aliphatic heterocycles. The summed E-state index contributed by atoms with van der Waals surface area (Å²) in [4.78, 5) is 12.9. The molecule has 1 saturated carbocycles. The fourth-order valence-electron chi connectivity index (χ4n) is 3.24. The molecule has 1 fully saturated rings. The summed E-state index contributed by atoms with van der Waals surface area (Å²) in [6.45, 7) is 0. The van der Waals surface area contributed by atoms with E-state index < -0.39 is 6.04 Å². The van der Waals surface area contributed by atoms with Crippen LogP contribution in [0.25, 0.3) is 0 Å².